The first kappa shape index (κ1) is 8.74. The lowest BCUT2D eigenvalue weighted by molar-refractivity contribution is 0.100. The summed E-state index contributed by atoms with van der Waals surface area (Å²) in [6.45, 7) is 1.94. The van der Waals surface area contributed by atoms with Crippen LogP contribution in [0.2, 0.25) is 0 Å². The van der Waals surface area contributed by atoms with Gasteiger partial charge in [0, 0.05) is 18.0 Å². The number of primary amides is 1. The third-order valence-corrected chi connectivity index (χ3v) is 2.36. The number of aromatic nitrogens is 2. The molecule has 0 unspecified atom stereocenters. The molecule has 1 aromatic heterocycles. The molecule has 0 bridgehead atoms. The van der Waals surface area contributed by atoms with Gasteiger partial charge in [0.2, 0.25) is 5.91 Å². The molecular formula is C10H11N3O. The molecule has 0 saturated carbocycles. The van der Waals surface area contributed by atoms with Crippen LogP contribution in [0.3, 0.4) is 0 Å². The van der Waals surface area contributed by atoms with E-state index in [0.29, 0.717) is 5.56 Å². The molecule has 2 rings (SSSR count). The quantitative estimate of drug-likeness (QED) is 0.726. The molecule has 72 valence electrons. The zero-order valence-electron chi connectivity index (χ0n) is 8.11. The van der Waals surface area contributed by atoms with E-state index in [2.05, 4.69) is 5.10 Å². The zero-order chi connectivity index (χ0) is 10.3. The fraction of sp³-hybridized carbons (Fsp3) is 0.200. The van der Waals surface area contributed by atoms with Gasteiger partial charge in [-0.2, -0.15) is 5.10 Å². The van der Waals surface area contributed by atoms with Gasteiger partial charge in [0.25, 0.3) is 0 Å². The SMILES string of the molecule is Cc1cc(C(N)=O)cc2c1cnn2C. The summed E-state index contributed by atoms with van der Waals surface area (Å²) in [6, 6.07) is 3.55. The normalized spacial score (nSPS) is 10.7. The second-order valence-electron chi connectivity index (χ2n) is 3.36. The molecule has 0 spiro atoms. The van der Waals surface area contributed by atoms with Crippen LogP contribution in [0.25, 0.3) is 10.9 Å². The molecule has 0 aliphatic heterocycles. The number of nitrogens with zero attached hydrogens (tertiary/aromatic N) is 2. The van der Waals surface area contributed by atoms with Crippen LogP contribution in [0.4, 0.5) is 0 Å². The lowest BCUT2D eigenvalue weighted by Crippen LogP contribution is -2.11. The van der Waals surface area contributed by atoms with E-state index in [4.69, 9.17) is 5.73 Å². The summed E-state index contributed by atoms with van der Waals surface area (Å²) < 4.78 is 1.73. The number of aryl methyl sites for hydroxylation is 2. The minimum atomic E-state index is -0.406. The largest absolute Gasteiger partial charge is 0.366 e. The van der Waals surface area contributed by atoms with Crippen molar-refractivity contribution in [2.24, 2.45) is 12.8 Å². The summed E-state index contributed by atoms with van der Waals surface area (Å²) in [6.07, 6.45) is 1.79. The zero-order valence-corrected chi connectivity index (χ0v) is 8.11. The van der Waals surface area contributed by atoms with Crippen molar-refractivity contribution in [2.75, 3.05) is 0 Å². The molecule has 1 amide bonds. The number of benzene rings is 1. The van der Waals surface area contributed by atoms with Crippen LogP contribution < -0.4 is 5.73 Å². The summed E-state index contributed by atoms with van der Waals surface area (Å²) in [4.78, 5) is 11.0. The fourth-order valence-electron chi connectivity index (χ4n) is 1.56. The van der Waals surface area contributed by atoms with E-state index in [0.717, 1.165) is 16.5 Å². The second-order valence-corrected chi connectivity index (χ2v) is 3.36. The van der Waals surface area contributed by atoms with Crippen LogP contribution in [0.1, 0.15) is 15.9 Å². The molecule has 1 heterocycles. The van der Waals surface area contributed by atoms with Gasteiger partial charge < -0.3 is 5.73 Å². The molecule has 0 aliphatic carbocycles. The molecule has 0 atom stereocenters. The van der Waals surface area contributed by atoms with Crippen molar-refractivity contribution in [2.45, 2.75) is 6.92 Å². The molecule has 0 saturated heterocycles. The van der Waals surface area contributed by atoms with Crippen LogP contribution >= 0.6 is 0 Å². The maximum Gasteiger partial charge on any atom is 0.248 e. The Kier molecular flexibility index (Phi) is 1.77. The van der Waals surface area contributed by atoms with E-state index < -0.39 is 5.91 Å². The third-order valence-electron chi connectivity index (χ3n) is 2.36. The second kappa shape index (κ2) is 2.83. The first-order chi connectivity index (χ1) is 6.59. The van der Waals surface area contributed by atoms with Gasteiger partial charge in [-0.25, -0.2) is 0 Å². The molecule has 4 nitrogen and oxygen atoms in total. The maximum atomic E-state index is 11.0. The van der Waals surface area contributed by atoms with Crippen LogP contribution in [0.5, 0.6) is 0 Å². The van der Waals surface area contributed by atoms with Gasteiger partial charge in [0.05, 0.1) is 11.7 Å². The van der Waals surface area contributed by atoms with Gasteiger partial charge >= 0.3 is 0 Å². The fourth-order valence-corrected chi connectivity index (χ4v) is 1.56. The number of fused-ring (bicyclic) bond motifs is 1. The first-order valence-electron chi connectivity index (χ1n) is 4.32. The van der Waals surface area contributed by atoms with E-state index in [-0.39, 0.29) is 0 Å². The summed E-state index contributed by atoms with van der Waals surface area (Å²) >= 11 is 0. The average molecular weight is 189 g/mol. The van der Waals surface area contributed by atoms with Crippen LogP contribution in [-0.2, 0) is 7.05 Å². The molecule has 2 N–H and O–H groups in total. The lowest BCUT2D eigenvalue weighted by Gasteiger charge is -2.01. The van der Waals surface area contributed by atoms with E-state index in [1.807, 2.05) is 14.0 Å². The first-order valence-corrected chi connectivity index (χ1v) is 4.32. The Morgan fingerprint density at radius 3 is 2.86 bits per heavy atom. The van der Waals surface area contributed by atoms with Crippen molar-refractivity contribution in [1.29, 1.82) is 0 Å². The highest BCUT2D eigenvalue weighted by Gasteiger charge is 2.07. The number of nitrogens with two attached hydrogens (primary N) is 1. The minimum absolute atomic E-state index is 0.406. The highest BCUT2D eigenvalue weighted by molar-refractivity contribution is 5.97. The molecule has 2 aromatic rings. The van der Waals surface area contributed by atoms with Crippen molar-refractivity contribution in [1.82, 2.24) is 9.78 Å². The van der Waals surface area contributed by atoms with Crippen LogP contribution in [0.15, 0.2) is 18.3 Å². The monoisotopic (exact) mass is 189 g/mol. The van der Waals surface area contributed by atoms with Crippen molar-refractivity contribution in [3.8, 4) is 0 Å². The Hall–Kier alpha value is -1.84. The van der Waals surface area contributed by atoms with Crippen LogP contribution in [0, 0.1) is 6.92 Å². The molecular weight excluding hydrogens is 178 g/mol. The summed E-state index contributed by atoms with van der Waals surface area (Å²) in [5.74, 6) is -0.406. The predicted molar refractivity (Wildman–Crippen MR) is 54.0 cm³/mol. The maximum absolute atomic E-state index is 11.0. The minimum Gasteiger partial charge on any atom is -0.366 e. The Morgan fingerprint density at radius 2 is 2.21 bits per heavy atom. The molecule has 0 fully saturated rings. The summed E-state index contributed by atoms with van der Waals surface area (Å²) in [5.41, 5.74) is 7.70. The number of amides is 1. The van der Waals surface area contributed by atoms with Gasteiger partial charge in [-0.15, -0.1) is 0 Å². The van der Waals surface area contributed by atoms with E-state index in [1.165, 1.54) is 0 Å². The van der Waals surface area contributed by atoms with Gasteiger partial charge in [0.1, 0.15) is 0 Å². The predicted octanol–water partition coefficient (Wildman–Crippen LogP) is 0.981. The lowest BCUT2D eigenvalue weighted by atomic mass is 10.1. The summed E-state index contributed by atoms with van der Waals surface area (Å²) in [5, 5.41) is 5.17. The smallest absolute Gasteiger partial charge is 0.248 e. The number of hydrogen-bond acceptors (Lipinski definition) is 2. The van der Waals surface area contributed by atoms with Gasteiger partial charge in [-0.05, 0) is 24.6 Å². The third kappa shape index (κ3) is 1.16. The Labute approximate surface area is 81.3 Å². The van der Waals surface area contributed by atoms with E-state index in [1.54, 1.807) is 23.0 Å². The summed E-state index contributed by atoms with van der Waals surface area (Å²) in [7, 11) is 1.84. The van der Waals surface area contributed by atoms with Crippen molar-refractivity contribution in [3.63, 3.8) is 0 Å². The highest BCUT2D eigenvalue weighted by atomic mass is 16.1. The number of carbonyl (C=O) groups excluding carboxylic acids is 1. The standard InChI is InChI=1S/C10H11N3O/c1-6-3-7(10(11)14)4-9-8(6)5-12-13(9)2/h3-5H,1-2H3,(H2,11,14). The Morgan fingerprint density at radius 1 is 1.50 bits per heavy atom. The van der Waals surface area contributed by atoms with E-state index in [9.17, 15) is 4.79 Å². The van der Waals surface area contributed by atoms with Gasteiger partial charge in [-0.1, -0.05) is 0 Å². The van der Waals surface area contributed by atoms with Crippen molar-refractivity contribution < 1.29 is 4.79 Å². The van der Waals surface area contributed by atoms with E-state index >= 15 is 0 Å². The Bertz CT molecular complexity index is 513. The molecule has 14 heavy (non-hydrogen) atoms. The number of rotatable bonds is 1. The number of hydrogen-bond donors (Lipinski definition) is 1. The van der Waals surface area contributed by atoms with Gasteiger partial charge in [-0.3, -0.25) is 9.48 Å². The molecule has 0 radical (unpaired) electrons. The van der Waals surface area contributed by atoms with Crippen molar-refractivity contribution >= 4 is 16.8 Å². The highest BCUT2D eigenvalue weighted by Crippen LogP contribution is 2.19. The molecule has 1 aromatic carbocycles. The number of carbonyl (C=O) groups is 1. The van der Waals surface area contributed by atoms with Crippen molar-refractivity contribution in [3.05, 3.63) is 29.5 Å². The topological polar surface area (TPSA) is 60.9 Å². The Balaban J connectivity index is 2.82. The molecule has 0 aliphatic rings. The average Bonchev–Trinajstić information content (AvgIpc) is 2.48. The van der Waals surface area contributed by atoms with Crippen LogP contribution in [-0.4, -0.2) is 15.7 Å². The molecule has 4 heteroatoms. The van der Waals surface area contributed by atoms with Gasteiger partial charge in [0.15, 0.2) is 0 Å².